The summed E-state index contributed by atoms with van der Waals surface area (Å²) in [5, 5.41) is 23.6. The number of aryl methyl sites for hydroxylation is 1. The number of pyridine rings is 1. The fourth-order valence-corrected chi connectivity index (χ4v) is 9.58. The number of amides is 1. The van der Waals surface area contributed by atoms with Crippen LogP contribution in [-0.2, 0) is 39.9 Å². The molecule has 0 spiro atoms. The summed E-state index contributed by atoms with van der Waals surface area (Å²) in [4.78, 5) is 69.1. The van der Waals surface area contributed by atoms with Crippen molar-refractivity contribution >= 4 is 23.6 Å². The molecule has 3 saturated heterocycles. The number of fused-ring (bicyclic) bond motifs is 1. The molecule has 5 heterocycles. The van der Waals surface area contributed by atoms with Gasteiger partial charge in [0.2, 0.25) is 0 Å². The summed E-state index contributed by atoms with van der Waals surface area (Å²) in [7, 11) is 5.14. The van der Waals surface area contributed by atoms with Crippen molar-refractivity contribution in [2.24, 2.45) is 23.7 Å². The van der Waals surface area contributed by atoms with Crippen LogP contribution in [0.25, 0.3) is 11.3 Å². The second kappa shape index (κ2) is 18.7. The van der Waals surface area contributed by atoms with E-state index >= 15 is 0 Å². The van der Waals surface area contributed by atoms with E-state index in [4.69, 9.17) is 18.9 Å². The molecule has 3 fully saturated rings. The number of hydrogen-bond donors (Lipinski definition) is 2. The van der Waals surface area contributed by atoms with Crippen LogP contribution in [-0.4, -0.2) is 140 Å². The highest BCUT2D eigenvalue weighted by Crippen LogP contribution is 2.43. The number of nitrogens with zero attached hydrogens (tertiary/aromatic N) is 5. The second-order valence-corrected chi connectivity index (χ2v) is 17.4. The van der Waals surface area contributed by atoms with Crippen molar-refractivity contribution in [2.45, 2.75) is 147 Å². The molecule has 2 aromatic heterocycles. The van der Waals surface area contributed by atoms with Crippen LogP contribution in [0.2, 0.25) is 0 Å². The minimum Gasteiger partial charge on any atom is -0.458 e. The van der Waals surface area contributed by atoms with Gasteiger partial charge in [0.05, 0.1) is 48.1 Å². The number of aliphatic hydroxyl groups is 2. The predicted molar refractivity (Wildman–Crippen MR) is 214 cm³/mol. The van der Waals surface area contributed by atoms with Crippen LogP contribution in [0.4, 0.5) is 4.79 Å². The molecule has 3 aliphatic heterocycles. The number of Topliss-reactive ketones (excluding diaryl/α,β-unsaturated/α-hetero) is 2. The van der Waals surface area contributed by atoms with Gasteiger partial charge in [0.25, 0.3) is 0 Å². The van der Waals surface area contributed by atoms with Gasteiger partial charge in [0.1, 0.15) is 17.8 Å². The molecule has 0 aromatic carbocycles. The molecule has 15 nitrogen and oxygen atoms in total. The molecule has 2 unspecified atom stereocenters. The van der Waals surface area contributed by atoms with Gasteiger partial charge in [-0.2, -0.15) is 0 Å². The summed E-state index contributed by atoms with van der Waals surface area (Å²) in [5.41, 5.74) is -1.15. The number of esters is 1. The summed E-state index contributed by atoms with van der Waals surface area (Å²) in [6, 6.07) is 2.73. The first-order valence-electron chi connectivity index (χ1n) is 20.8. The smallest absolute Gasteiger partial charge is 0.410 e. The number of ether oxygens (including phenoxy) is 4. The normalized spacial score (nSPS) is 36.7. The fourth-order valence-electron chi connectivity index (χ4n) is 9.58. The van der Waals surface area contributed by atoms with Gasteiger partial charge in [0, 0.05) is 68.1 Å². The number of unbranched alkanes of at least 4 members (excludes halogenated alkanes) is 1. The number of hydrogen-bond acceptors (Lipinski definition) is 13. The third-order valence-corrected chi connectivity index (χ3v) is 13.0. The number of cyclic esters (lactones) is 1. The van der Waals surface area contributed by atoms with Crippen LogP contribution in [0.3, 0.4) is 0 Å². The van der Waals surface area contributed by atoms with E-state index in [1.807, 2.05) is 48.8 Å². The number of carbonyl (C=O) groups is 4. The van der Waals surface area contributed by atoms with E-state index in [1.165, 1.54) is 14.0 Å². The molecule has 3 aliphatic rings. The lowest BCUT2D eigenvalue weighted by Crippen LogP contribution is -2.59. The highest BCUT2D eigenvalue weighted by atomic mass is 16.6. The van der Waals surface area contributed by atoms with E-state index in [9.17, 15) is 29.4 Å². The van der Waals surface area contributed by atoms with Crippen molar-refractivity contribution < 1.29 is 48.3 Å². The largest absolute Gasteiger partial charge is 0.458 e. The van der Waals surface area contributed by atoms with Crippen molar-refractivity contribution in [3.63, 3.8) is 0 Å². The Morgan fingerprint density at radius 2 is 1.74 bits per heavy atom. The van der Waals surface area contributed by atoms with E-state index < -0.39 is 83.2 Å². The molecule has 1 amide bonds. The number of methoxy groups -OCH3 is 1. The number of imidazole rings is 1. The zero-order chi connectivity index (χ0) is 42.7. The molecule has 2 N–H and O–H groups in total. The molecule has 0 saturated carbocycles. The Hall–Kier alpha value is -3.76. The Morgan fingerprint density at radius 3 is 2.38 bits per heavy atom. The van der Waals surface area contributed by atoms with Crippen LogP contribution >= 0.6 is 0 Å². The maximum atomic E-state index is 14.6. The Morgan fingerprint density at radius 1 is 1.03 bits per heavy atom. The summed E-state index contributed by atoms with van der Waals surface area (Å²) < 4.78 is 26.4. The van der Waals surface area contributed by atoms with Gasteiger partial charge < -0.3 is 43.5 Å². The number of rotatable bonds is 11. The van der Waals surface area contributed by atoms with Crippen molar-refractivity contribution in [1.82, 2.24) is 24.3 Å². The van der Waals surface area contributed by atoms with Crippen molar-refractivity contribution in [3.8, 4) is 11.3 Å². The van der Waals surface area contributed by atoms with Crippen molar-refractivity contribution in [2.75, 3.05) is 27.7 Å². The van der Waals surface area contributed by atoms with Gasteiger partial charge in [-0.3, -0.25) is 19.4 Å². The molecule has 0 bridgehead atoms. The molecular weight excluding hydrogens is 746 g/mol. The first kappa shape index (κ1) is 45.3. The maximum absolute atomic E-state index is 14.6. The Bertz CT molecular complexity index is 1740. The molecule has 2 aromatic rings. The molecule has 322 valence electrons. The molecule has 58 heavy (non-hydrogen) atoms. The van der Waals surface area contributed by atoms with E-state index in [1.54, 1.807) is 58.2 Å². The summed E-state index contributed by atoms with van der Waals surface area (Å²) in [5.74, 6) is -5.68. The quantitative estimate of drug-likeness (QED) is 0.186. The lowest BCUT2D eigenvalue weighted by Gasteiger charge is -2.45. The van der Waals surface area contributed by atoms with Gasteiger partial charge >= 0.3 is 12.1 Å². The minimum absolute atomic E-state index is 0.0304. The first-order chi connectivity index (χ1) is 27.4. The molecule has 5 rings (SSSR count). The van der Waals surface area contributed by atoms with Crippen LogP contribution in [0.15, 0.2) is 37.1 Å². The number of carbonyl (C=O) groups excluding carboxylic acids is 4. The van der Waals surface area contributed by atoms with E-state index in [0.29, 0.717) is 25.8 Å². The Kier molecular flexibility index (Phi) is 14.6. The monoisotopic (exact) mass is 811 g/mol. The van der Waals surface area contributed by atoms with Crippen LogP contribution in [0.1, 0.15) is 87.0 Å². The Balaban J connectivity index is 1.42. The minimum atomic E-state index is -1.49. The number of ketones is 2. The predicted octanol–water partition coefficient (Wildman–Crippen LogP) is 4.32. The Labute approximate surface area is 342 Å². The lowest BCUT2D eigenvalue weighted by atomic mass is 9.72. The van der Waals surface area contributed by atoms with Crippen LogP contribution in [0, 0.1) is 23.7 Å². The molecule has 13 atom stereocenters. The first-order valence-corrected chi connectivity index (χ1v) is 20.8. The highest BCUT2D eigenvalue weighted by Gasteiger charge is 2.60. The van der Waals surface area contributed by atoms with Gasteiger partial charge in [-0.25, -0.2) is 9.78 Å². The van der Waals surface area contributed by atoms with E-state index in [-0.39, 0.29) is 43.7 Å². The average molecular weight is 812 g/mol. The van der Waals surface area contributed by atoms with Gasteiger partial charge in [-0.15, -0.1) is 0 Å². The molecule has 15 heteroatoms. The SMILES string of the molecule is CC[C@H]1OC(=O)[C@H](C)C(=O)[C@H](C[C@@H]2O[C@H](C)C[C@H](N(C)C)[C@@H]2O)C(O)[C@](C)(OC)C[C@@H](C)C(=O)[C@H](C)C2N(CCCCn3cnc(-c4cccnc4)c3)C(=O)O[C@@]21C. The number of likely N-dealkylation sites (N-methyl/N-ethyl adjacent to an activating group) is 1. The van der Waals surface area contributed by atoms with Gasteiger partial charge in [-0.1, -0.05) is 20.8 Å². The highest BCUT2D eigenvalue weighted by molar-refractivity contribution is 6.00. The van der Waals surface area contributed by atoms with Gasteiger partial charge in [0.15, 0.2) is 11.4 Å². The van der Waals surface area contributed by atoms with E-state index in [2.05, 4.69) is 9.97 Å². The average Bonchev–Trinajstić information content (AvgIpc) is 3.78. The number of aliphatic hydroxyl groups excluding tert-OH is 2. The zero-order valence-corrected chi connectivity index (χ0v) is 35.9. The fraction of sp³-hybridized carbons (Fsp3) is 0.721. The lowest BCUT2D eigenvalue weighted by molar-refractivity contribution is -0.181. The number of aromatic nitrogens is 3. The maximum Gasteiger partial charge on any atom is 0.410 e. The van der Waals surface area contributed by atoms with Crippen molar-refractivity contribution in [1.29, 1.82) is 0 Å². The topological polar surface area (TPSA) is 183 Å². The zero-order valence-electron chi connectivity index (χ0n) is 35.9. The third-order valence-electron chi connectivity index (χ3n) is 13.0. The second-order valence-electron chi connectivity index (χ2n) is 17.4. The molecule has 0 aliphatic carbocycles. The van der Waals surface area contributed by atoms with E-state index in [0.717, 1.165) is 11.3 Å². The summed E-state index contributed by atoms with van der Waals surface area (Å²) in [6.45, 7) is 12.9. The standard InChI is InChI=1S/C43H65N5O10/c1-11-34-43(7)38(48(41(54)58-43)18-13-12-17-47-23-31(45-24-47)29-15-14-16-44-22-29)27(4)35(49)25(2)21-42(6,55-10)39(52)30(36(50)28(5)40(53)57-34)20-33-37(51)32(46(8)9)19-26(3)56-33/h14-16,22-28,30,32-34,37-39,51-52H,11-13,17-21H2,1-10H3/t25-,26-,27+,28-,30+,32+,33+,34-,37+,38?,39?,42-,43-/m1/s1. The molecular formula is C43H65N5O10. The van der Waals surface area contributed by atoms with Crippen LogP contribution < -0.4 is 0 Å². The van der Waals surface area contributed by atoms with Crippen molar-refractivity contribution in [3.05, 3.63) is 37.1 Å². The van der Waals surface area contributed by atoms with Crippen LogP contribution in [0.5, 0.6) is 0 Å². The summed E-state index contributed by atoms with van der Waals surface area (Å²) >= 11 is 0. The summed E-state index contributed by atoms with van der Waals surface area (Å²) in [6.07, 6.45) is 4.04. The molecule has 0 radical (unpaired) electrons. The third kappa shape index (κ3) is 9.33. The van der Waals surface area contributed by atoms with Gasteiger partial charge in [-0.05, 0) is 92.4 Å².